The SMILES string of the molecule is COc1ccc(CNC(=O)c2ccc3c(c2)SC2=NS(=O)(=O)CCN23)cc1. The van der Waals surface area contributed by atoms with Gasteiger partial charge in [0.2, 0.25) is 0 Å². The summed E-state index contributed by atoms with van der Waals surface area (Å²) in [5, 5.41) is 3.34. The molecule has 2 aromatic rings. The van der Waals surface area contributed by atoms with Crippen molar-refractivity contribution in [3.63, 3.8) is 0 Å². The highest BCUT2D eigenvalue weighted by Gasteiger charge is 2.33. The van der Waals surface area contributed by atoms with Crippen molar-refractivity contribution in [2.45, 2.75) is 11.4 Å². The summed E-state index contributed by atoms with van der Waals surface area (Å²) in [5.41, 5.74) is 2.38. The van der Waals surface area contributed by atoms with Crippen molar-refractivity contribution in [2.75, 3.05) is 24.3 Å². The number of fused-ring (bicyclic) bond motifs is 3. The maximum Gasteiger partial charge on any atom is 0.257 e. The Morgan fingerprint density at radius 1 is 1.26 bits per heavy atom. The number of amidine groups is 1. The standard InChI is InChI=1S/C18H17N3O4S2/c1-25-14-5-2-12(3-6-14)11-19-17(22)13-4-7-15-16(10-13)26-18-20-27(23,24)9-8-21(15)18/h2-7,10H,8-9,11H2,1H3,(H,19,22). The Hall–Kier alpha value is -2.52. The second-order valence-electron chi connectivity index (χ2n) is 6.13. The van der Waals surface area contributed by atoms with Gasteiger partial charge in [-0.2, -0.15) is 0 Å². The molecule has 0 saturated carbocycles. The molecule has 0 saturated heterocycles. The van der Waals surface area contributed by atoms with Crippen LogP contribution in [0.15, 0.2) is 51.8 Å². The smallest absolute Gasteiger partial charge is 0.257 e. The van der Waals surface area contributed by atoms with Crippen LogP contribution in [0.1, 0.15) is 15.9 Å². The summed E-state index contributed by atoms with van der Waals surface area (Å²) < 4.78 is 32.3. The maximum atomic E-state index is 12.5. The number of rotatable bonds is 4. The number of ether oxygens (including phenoxy) is 1. The number of carbonyl (C=O) groups excluding carboxylic acids is 1. The van der Waals surface area contributed by atoms with Crippen LogP contribution < -0.4 is 15.0 Å². The topological polar surface area (TPSA) is 88.1 Å². The van der Waals surface area contributed by atoms with Gasteiger partial charge in [0.25, 0.3) is 15.9 Å². The number of nitrogens with zero attached hydrogens (tertiary/aromatic N) is 2. The second-order valence-corrected chi connectivity index (χ2v) is 8.89. The molecule has 1 amide bonds. The minimum Gasteiger partial charge on any atom is -0.497 e. The number of anilines is 1. The van der Waals surface area contributed by atoms with Gasteiger partial charge in [-0.05, 0) is 47.7 Å². The average molecular weight is 403 g/mol. The molecule has 0 aliphatic carbocycles. The number of nitrogens with one attached hydrogen (secondary N) is 1. The zero-order chi connectivity index (χ0) is 19.0. The molecule has 2 aromatic carbocycles. The van der Waals surface area contributed by atoms with Crippen LogP contribution in [-0.2, 0) is 16.6 Å². The lowest BCUT2D eigenvalue weighted by atomic mass is 10.1. The highest BCUT2D eigenvalue weighted by molar-refractivity contribution is 8.15. The molecule has 2 aliphatic rings. The van der Waals surface area contributed by atoms with Crippen molar-refractivity contribution in [1.29, 1.82) is 0 Å². The monoisotopic (exact) mass is 403 g/mol. The lowest BCUT2D eigenvalue weighted by Gasteiger charge is -2.22. The molecule has 4 rings (SSSR count). The summed E-state index contributed by atoms with van der Waals surface area (Å²) in [5.74, 6) is 0.580. The third kappa shape index (κ3) is 3.65. The Labute approximate surface area is 161 Å². The number of benzene rings is 2. The van der Waals surface area contributed by atoms with Gasteiger partial charge in [0, 0.05) is 23.5 Å². The van der Waals surface area contributed by atoms with Crippen LogP contribution in [0.3, 0.4) is 0 Å². The van der Waals surface area contributed by atoms with Gasteiger partial charge in [-0.25, -0.2) is 8.42 Å². The highest BCUT2D eigenvalue weighted by atomic mass is 32.2. The van der Waals surface area contributed by atoms with Crippen molar-refractivity contribution < 1.29 is 17.9 Å². The summed E-state index contributed by atoms with van der Waals surface area (Å²) in [6.07, 6.45) is 0. The molecule has 0 aromatic heterocycles. The fourth-order valence-electron chi connectivity index (χ4n) is 2.90. The van der Waals surface area contributed by atoms with E-state index in [0.29, 0.717) is 23.8 Å². The minimum atomic E-state index is -3.39. The third-order valence-corrected chi connectivity index (χ3v) is 6.65. The minimum absolute atomic E-state index is 0.000594. The summed E-state index contributed by atoms with van der Waals surface area (Å²) in [7, 11) is -1.78. The van der Waals surface area contributed by atoms with Crippen LogP contribution >= 0.6 is 11.8 Å². The number of thioether (sulfide) groups is 1. The number of sulfonamides is 1. The molecule has 0 fully saturated rings. The van der Waals surface area contributed by atoms with E-state index in [0.717, 1.165) is 21.9 Å². The van der Waals surface area contributed by atoms with E-state index in [9.17, 15) is 13.2 Å². The Bertz CT molecular complexity index is 1030. The third-order valence-electron chi connectivity index (χ3n) is 4.35. The predicted octanol–water partition coefficient (Wildman–Crippen LogP) is 2.24. The predicted molar refractivity (Wildman–Crippen MR) is 105 cm³/mol. The first-order chi connectivity index (χ1) is 12.9. The van der Waals surface area contributed by atoms with Crippen molar-refractivity contribution in [1.82, 2.24) is 5.32 Å². The van der Waals surface area contributed by atoms with E-state index in [2.05, 4.69) is 9.71 Å². The van der Waals surface area contributed by atoms with Gasteiger partial charge in [-0.3, -0.25) is 4.79 Å². The second kappa shape index (κ2) is 6.90. The van der Waals surface area contributed by atoms with Crippen LogP contribution in [0.5, 0.6) is 5.75 Å². The largest absolute Gasteiger partial charge is 0.497 e. The Morgan fingerprint density at radius 2 is 2.04 bits per heavy atom. The van der Waals surface area contributed by atoms with Gasteiger partial charge in [0.15, 0.2) is 5.17 Å². The van der Waals surface area contributed by atoms with E-state index in [1.54, 1.807) is 19.2 Å². The zero-order valence-electron chi connectivity index (χ0n) is 14.5. The van der Waals surface area contributed by atoms with Crippen LogP contribution in [0.4, 0.5) is 5.69 Å². The molecular formula is C18H17N3O4S2. The first-order valence-corrected chi connectivity index (χ1v) is 10.7. The zero-order valence-corrected chi connectivity index (χ0v) is 16.1. The van der Waals surface area contributed by atoms with Gasteiger partial charge in [0.05, 0.1) is 18.6 Å². The molecule has 0 spiro atoms. The van der Waals surface area contributed by atoms with Gasteiger partial charge < -0.3 is 15.0 Å². The van der Waals surface area contributed by atoms with Gasteiger partial charge in [-0.15, -0.1) is 4.40 Å². The first-order valence-electron chi connectivity index (χ1n) is 8.28. The molecule has 0 atom stereocenters. The van der Waals surface area contributed by atoms with E-state index in [1.807, 2.05) is 35.2 Å². The Kier molecular flexibility index (Phi) is 4.56. The van der Waals surface area contributed by atoms with Crippen molar-refractivity contribution in [3.8, 4) is 5.75 Å². The number of amides is 1. The molecule has 140 valence electrons. The number of hydrogen-bond donors (Lipinski definition) is 1. The molecule has 1 N–H and O–H groups in total. The molecule has 7 nitrogen and oxygen atoms in total. The van der Waals surface area contributed by atoms with Crippen LogP contribution in [0.2, 0.25) is 0 Å². The van der Waals surface area contributed by atoms with Gasteiger partial charge >= 0.3 is 0 Å². The number of hydrogen-bond acceptors (Lipinski definition) is 6. The van der Waals surface area contributed by atoms with Gasteiger partial charge in [-0.1, -0.05) is 12.1 Å². The fourth-order valence-corrected chi connectivity index (χ4v) is 5.20. The molecular weight excluding hydrogens is 386 g/mol. The molecule has 27 heavy (non-hydrogen) atoms. The van der Waals surface area contributed by atoms with E-state index in [4.69, 9.17) is 4.74 Å². The normalized spacial score (nSPS) is 16.9. The van der Waals surface area contributed by atoms with Gasteiger partial charge in [0.1, 0.15) is 5.75 Å². The molecule has 2 aliphatic heterocycles. The van der Waals surface area contributed by atoms with Crippen molar-refractivity contribution >= 4 is 38.5 Å². The molecule has 9 heteroatoms. The quantitative estimate of drug-likeness (QED) is 0.842. The fraction of sp³-hybridized carbons (Fsp3) is 0.222. The van der Waals surface area contributed by atoms with Crippen molar-refractivity contribution in [3.05, 3.63) is 53.6 Å². The lowest BCUT2D eigenvalue weighted by Crippen LogP contribution is -2.35. The van der Waals surface area contributed by atoms with Crippen LogP contribution in [0, 0.1) is 0 Å². The number of carbonyl (C=O) groups is 1. The van der Waals surface area contributed by atoms with Crippen LogP contribution in [0.25, 0.3) is 0 Å². The molecule has 0 bridgehead atoms. The summed E-state index contributed by atoms with van der Waals surface area (Å²) >= 11 is 1.28. The summed E-state index contributed by atoms with van der Waals surface area (Å²) in [6, 6.07) is 12.8. The first kappa shape index (κ1) is 17.9. The molecule has 0 unspecified atom stereocenters. The summed E-state index contributed by atoms with van der Waals surface area (Å²) in [6.45, 7) is 0.786. The van der Waals surface area contributed by atoms with E-state index in [1.165, 1.54) is 11.8 Å². The average Bonchev–Trinajstić information content (AvgIpc) is 3.01. The number of methoxy groups -OCH3 is 1. The highest BCUT2D eigenvalue weighted by Crippen LogP contribution is 2.42. The Balaban J connectivity index is 1.47. The van der Waals surface area contributed by atoms with E-state index in [-0.39, 0.29) is 11.7 Å². The molecule has 0 radical (unpaired) electrons. The van der Waals surface area contributed by atoms with Crippen molar-refractivity contribution in [2.24, 2.45) is 4.40 Å². The molecule has 2 heterocycles. The lowest BCUT2D eigenvalue weighted by molar-refractivity contribution is 0.0950. The van der Waals surface area contributed by atoms with E-state index >= 15 is 0 Å². The van der Waals surface area contributed by atoms with Crippen LogP contribution in [-0.4, -0.2) is 38.9 Å². The Morgan fingerprint density at radius 3 is 2.78 bits per heavy atom. The maximum absolute atomic E-state index is 12.5. The summed E-state index contributed by atoms with van der Waals surface area (Å²) in [4.78, 5) is 15.2. The van der Waals surface area contributed by atoms with E-state index < -0.39 is 10.0 Å².